The molecular weight excluding hydrogens is 240 g/mol. The average molecular weight is 251 g/mol. The lowest BCUT2D eigenvalue weighted by molar-refractivity contribution is -0.151. The number of halogens is 5. The summed E-state index contributed by atoms with van der Waals surface area (Å²) in [5.41, 5.74) is -0.875. The summed E-state index contributed by atoms with van der Waals surface area (Å²) in [6, 6.07) is 0. The summed E-state index contributed by atoms with van der Waals surface area (Å²) >= 11 is 10.1. The van der Waals surface area contributed by atoms with Crippen LogP contribution in [0.5, 0.6) is 0 Å². The highest BCUT2D eigenvalue weighted by Gasteiger charge is 2.54. The highest BCUT2D eigenvalue weighted by Crippen LogP contribution is 2.43. The van der Waals surface area contributed by atoms with Gasteiger partial charge in [0.1, 0.15) is 5.78 Å². The Balaban J connectivity index is 4.62. The van der Waals surface area contributed by atoms with E-state index in [-0.39, 0.29) is 0 Å². The Morgan fingerprint density at radius 1 is 1.14 bits per heavy atom. The van der Waals surface area contributed by atoms with Gasteiger partial charge in [0.2, 0.25) is 4.33 Å². The van der Waals surface area contributed by atoms with Gasteiger partial charge in [-0.3, -0.25) is 4.79 Å². The fourth-order valence-corrected chi connectivity index (χ4v) is 0.810. The molecule has 0 fully saturated rings. The molecule has 1 nitrogen and oxygen atoms in total. The first-order valence-corrected chi connectivity index (χ1v) is 4.61. The number of ketones is 1. The zero-order chi connectivity index (χ0) is 11.8. The number of hydrogen-bond donors (Lipinski definition) is 0. The van der Waals surface area contributed by atoms with E-state index in [4.69, 9.17) is 23.2 Å². The van der Waals surface area contributed by atoms with Crippen LogP contribution in [-0.2, 0) is 4.79 Å². The van der Waals surface area contributed by atoms with Crippen LogP contribution in [0.3, 0.4) is 0 Å². The van der Waals surface area contributed by atoms with Crippen molar-refractivity contribution in [3.63, 3.8) is 0 Å². The summed E-state index contributed by atoms with van der Waals surface area (Å²) in [6.07, 6.45) is -5.72. The second kappa shape index (κ2) is 3.89. The first kappa shape index (κ1) is 14.0. The van der Waals surface area contributed by atoms with Crippen molar-refractivity contribution >= 4 is 29.0 Å². The minimum atomic E-state index is -4.79. The third kappa shape index (κ3) is 3.65. The molecule has 0 unspecified atom stereocenters. The first-order valence-electron chi connectivity index (χ1n) is 3.86. The van der Waals surface area contributed by atoms with Crippen molar-refractivity contribution in [1.29, 1.82) is 0 Å². The maximum atomic E-state index is 12.2. The van der Waals surface area contributed by atoms with Crippen molar-refractivity contribution in [3.05, 3.63) is 0 Å². The fraction of sp³-hybridized carbons (Fsp3) is 0.875. The Kier molecular flexibility index (Phi) is 3.90. The maximum Gasteiger partial charge on any atom is 0.421 e. The molecule has 0 spiro atoms. The molecule has 14 heavy (non-hydrogen) atoms. The molecule has 0 aliphatic rings. The van der Waals surface area contributed by atoms with Crippen molar-refractivity contribution in [2.24, 2.45) is 5.41 Å². The molecule has 0 aliphatic heterocycles. The normalized spacial score (nSPS) is 14.3. The van der Waals surface area contributed by atoms with Crippen LogP contribution in [0.1, 0.15) is 27.2 Å². The molecule has 6 heteroatoms. The number of carbonyl (C=O) groups is 1. The molecule has 0 atom stereocenters. The average Bonchev–Trinajstić information content (AvgIpc) is 1.80. The fourth-order valence-electron chi connectivity index (χ4n) is 0.567. The molecule has 0 aromatic carbocycles. The van der Waals surface area contributed by atoms with Crippen molar-refractivity contribution in [1.82, 2.24) is 0 Å². The predicted molar refractivity (Wildman–Crippen MR) is 49.6 cm³/mol. The number of carbonyl (C=O) groups excluding carboxylic acids is 1. The maximum absolute atomic E-state index is 12.2. The lowest BCUT2D eigenvalue weighted by Gasteiger charge is -2.25. The molecule has 0 saturated heterocycles. The van der Waals surface area contributed by atoms with Crippen molar-refractivity contribution < 1.29 is 18.0 Å². The monoisotopic (exact) mass is 250 g/mol. The molecule has 0 rings (SSSR count). The van der Waals surface area contributed by atoms with E-state index in [1.165, 1.54) is 20.8 Å². The topological polar surface area (TPSA) is 17.1 Å². The third-order valence-corrected chi connectivity index (χ3v) is 2.33. The lowest BCUT2D eigenvalue weighted by atomic mass is 9.88. The van der Waals surface area contributed by atoms with Gasteiger partial charge in [0.15, 0.2) is 0 Å². The van der Waals surface area contributed by atoms with Crippen LogP contribution in [0.4, 0.5) is 13.2 Å². The number of alkyl halides is 5. The quantitative estimate of drug-likeness (QED) is 0.683. The van der Waals surface area contributed by atoms with E-state index in [1.807, 2.05) is 0 Å². The molecule has 84 valence electrons. The van der Waals surface area contributed by atoms with E-state index < -0.39 is 28.1 Å². The minimum Gasteiger partial charge on any atom is -0.299 e. The second-order valence-corrected chi connectivity index (χ2v) is 5.54. The van der Waals surface area contributed by atoms with Crippen molar-refractivity contribution in [2.45, 2.75) is 37.7 Å². The molecule has 0 N–H and O–H groups in total. The van der Waals surface area contributed by atoms with Gasteiger partial charge in [-0.1, -0.05) is 44.0 Å². The smallest absolute Gasteiger partial charge is 0.299 e. The van der Waals surface area contributed by atoms with E-state index in [0.717, 1.165) is 0 Å². The Morgan fingerprint density at radius 2 is 1.50 bits per heavy atom. The SMILES string of the molecule is CC(C)(C)C(=O)CC(Cl)(Cl)C(F)(F)F. The highest BCUT2D eigenvalue weighted by atomic mass is 35.5. The summed E-state index contributed by atoms with van der Waals surface area (Å²) in [6.45, 7) is 4.53. The van der Waals surface area contributed by atoms with Gasteiger partial charge in [0.05, 0.1) is 0 Å². The molecule has 0 aromatic heterocycles. The summed E-state index contributed by atoms with van der Waals surface area (Å²) in [4.78, 5) is 11.3. The molecular formula is C8H11Cl2F3O. The van der Waals surface area contributed by atoms with E-state index in [9.17, 15) is 18.0 Å². The summed E-state index contributed by atoms with van der Waals surface area (Å²) in [7, 11) is 0. The van der Waals surface area contributed by atoms with Crippen LogP contribution in [0.15, 0.2) is 0 Å². The van der Waals surface area contributed by atoms with Gasteiger partial charge in [0.25, 0.3) is 0 Å². The van der Waals surface area contributed by atoms with Crippen LogP contribution in [0.25, 0.3) is 0 Å². The highest BCUT2D eigenvalue weighted by molar-refractivity contribution is 6.50. The molecule has 0 aromatic rings. The molecule has 0 bridgehead atoms. The van der Waals surface area contributed by atoms with Gasteiger partial charge in [-0.05, 0) is 0 Å². The zero-order valence-electron chi connectivity index (χ0n) is 8.01. The Morgan fingerprint density at radius 3 is 1.71 bits per heavy atom. The first-order chi connectivity index (χ1) is 5.88. The molecule has 0 heterocycles. The van der Waals surface area contributed by atoms with Gasteiger partial charge < -0.3 is 0 Å². The molecule has 0 radical (unpaired) electrons. The van der Waals surface area contributed by atoms with Crippen LogP contribution < -0.4 is 0 Å². The molecule has 0 saturated carbocycles. The van der Waals surface area contributed by atoms with Gasteiger partial charge in [-0.15, -0.1) is 0 Å². The van der Waals surface area contributed by atoms with Gasteiger partial charge in [-0.2, -0.15) is 13.2 Å². The zero-order valence-corrected chi connectivity index (χ0v) is 9.52. The minimum absolute atomic E-state index is 0.625. The van der Waals surface area contributed by atoms with E-state index in [0.29, 0.717) is 0 Å². The Hall–Kier alpha value is 0.0400. The van der Waals surface area contributed by atoms with E-state index in [1.54, 1.807) is 0 Å². The summed E-state index contributed by atoms with van der Waals surface area (Å²) < 4.78 is 33.5. The van der Waals surface area contributed by atoms with Crippen molar-refractivity contribution in [2.75, 3.05) is 0 Å². The lowest BCUT2D eigenvalue weighted by Crippen LogP contribution is -2.39. The van der Waals surface area contributed by atoms with Crippen LogP contribution in [-0.4, -0.2) is 16.3 Å². The van der Waals surface area contributed by atoms with Crippen LogP contribution in [0.2, 0.25) is 0 Å². The number of Topliss-reactive ketones (excluding diaryl/α,β-unsaturated/α-hetero) is 1. The second-order valence-electron chi connectivity index (χ2n) is 4.05. The number of rotatable bonds is 2. The summed E-state index contributed by atoms with van der Waals surface area (Å²) in [5.74, 6) is -0.625. The van der Waals surface area contributed by atoms with Crippen molar-refractivity contribution in [3.8, 4) is 0 Å². The largest absolute Gasteiger partial charge is 0.421 e. The molecule has 0 aliphatic carbocycles. The van der Waals surface area contributed by atoms with Gasteiger partial charge >= 0.3 is 6.18 Å². The predicted octanol–water partition coefficient (Wildman–Crippen LogP) is 3.73. The van der Waals surface area contributed by atoms with Gasteiger partial charge in [0, 0.05) is 11.8 Å². The van der Waals surface area contributed by atoms with Crippen LogP contribution in [0, 0.1) is 5.41 Å². The van der Waals surface area contributed by atoms with Gasteiger partial charge in [-0.25, -0.2) is 0 Å². The Labute approximate surface area is 90.6 Å². The standard InChI is InChI=1S/C8H11Cl2F3O/c1-6(2,3)5(14)4-7(9,10)8(11,12)13/h4H2,1-3H3. The summed E-state index contributed by atoms with van der Waals surface area (Å²) in [5, 5.41) is 0. The molecule has 0 amide bonds. The van der Waals surface area contributed by atoms with E-state index >= 15 is 0 Å². The van der Waals surface area contributed by atoms with E-state index in [2.05, 4.69) is 0 Å². The Bertz CT molecular complexity index is 228. The number of hydrogen-bond acceptors (Lipinski definition) is 1. The third-order valence-electron chi connectivity index (χ3n) is 1.63. The van der Waals surface area contributed by atoms with Crippen LogP contribution >= 0.6 is 23.2 Å².